The van der Waals surface area contributed by atoms with Crippen LogP contribution in [0.4, 0.5) is 29.3 Å². The topological polar surface area (TPSA) is 61.4 Å². The third-order valence-electron chi connectivity index (χ3n) is 5.78. The molecule has 0 spiro atoms. The second-order valence-corrected chi connectivity index (χ2v) is 8.27. The highest BCUT2D eigenvalue weighted by atomic mass is 19.4. The Bertz CT molecular complexity index is 1160. The largest absolute Gasteiger partial charge is 0.416 e. The molecule has 0 aliphatic carbocycles. The molecular formula is C26H24F3N3O2. The molecule has 0 aromatic heterocycles. The number of benzene rings is 3. The molecule has 34 heavy (non-hydrogen) atoms. The summed E-state index contributed by atoms with van der Waals surface area (Å²) in [6.45, 7) is 2.57. The van der Waals surface area contributed by atoms with Crippen LogP contribution < -0.4 is 15.5 Å². The highest BCUT2D eigenvalue weighted by molar-refractivity contribution is 6.01. The Morgan fingerprint density at radius 2 is 1.50 bits per heavy atom. The first-order valence-electron chi connectivity index (χ1n) is 10.9. The van der Waals surface area contributed by atoms with Crippen LogP contribution in [0.25, 0.3) is 11.1 Å². The van der Waals surface area contributed by atoms with Gasteiger partial charge >= 0.3 is 12.2 Å². The first-order valence-corrected chi connectivity index (χ1v) is 10.9. The number of alkyl halides is 3. The average molecular weight is 467 g/mol. The van der Waals surface area contributed by atoms with E-state index in [2.05, 4.69) is 10.6 Å². The van der Waals surface area contributed by atoms with Gasteiger partial charge in [-0.3, -0.25) is 4.79 Å². The van der Waals surface area contributed by atoms with E-state index < -0.39 is 23.8 Å². The summed E-state index contributed by atoms with van der Waals surface area (Å²) in [6.07, 6.45) is -3.26. The van der Waals surface area contributed by atoms with E-state index in [1.54, 1.807) is 4.90 Å². The third-order valence-corrected chi connectivity index (χ3v) is 5.78. The Labute approximate surface area is 195 Å². The Balaban J connectivity index is 1.38. The molecule has 0 radical (unpaired) electrons. The van der Waals surface area contributed by atoms with Crippen LogP contribution in [0.5, 0.6) is 0 Å². The van der Waals surface area contributed by atoms with Gasteiger partial charge in [-0.15, -0.1) is 0 Å². The number of carbonyl (C=O) groups is 2. The fourth-order valence-electron chi connectivity index (χ4n) is 3.91. The van der Waals surface area contributed by atoms with E-state index in [0.29, 0.717) is 19.4 Å². The molecule has 4 rings (SSSR count). The molecule has 3 aromatic carbocycles. The number of hydrogen-bond donors (Lipinski definition) is 2. The number of halogens is 3. The van der Waals surface area contributed by atoms with Crippen molar-refractivity contribution in [2.24, 2.45) is 0 Å². The zero-order chi connectivity index (χ0) is 24.3. The lowest BCUT2D eigenvalue weighted by Crippen LogP contribution is -2.53. The Morgan fingerprint density at radius 1 is 0.912 bits per heavy atom. The van der Waals surface area contributed by atoms with Crippen molar-refractivity contribution in [3.8, 4) is 11.1 Å². The van der Waals surface area contributed by atoms with Gasteiger partial charge in [0.15, 0.2) is 0 Å². The van der Waals surface area contributed by atoms with Gasteiger partial charge in [0.2, 0.25) is 5.91 Å². The van der Waals surface area contributed by atoms with Crippen molar-refractivity contribution >= 4 is 23.3 Å². The minimum Gasteiger partial charge on any atom is -0.326 e. The lowest BCUT2D eigenvalue weighted by atomic mass is 10.0. The SMILES string of the molecule is Cc1ccc(-c2ccc(N3CCCC(NC(=O)Nc4ccc(C(F)(F)F)cc4)C3=O)cc2)cc1. The van der Waals surface area contributed by atoms with Crippen molar-refractivity contribution in [1.29, 1.82) is 0 Å². The molecule has 2 N–H and O–H groups in total. The Morgan fingerprint density at radius 3 is 2.09 bits per heavy atom. The summed E-state index contributed by atoms with van der Waals surface area (Å²) >= 11 is 0. The van der Waals surface area contributed by atoms with Gasteiger partial charge in [0.25, 0.3) is 0 Å². The van der Waals surface area contributed by atoms with Gasteiger partial charge in [-0.05, 0) is 67.3 Å². The van der Waals surface area contributed by atoms with Crippen LogP contribution in [0.2, 0.25) is 0 Å². The van der Waals surface area contributed by atoms with Crippen molar-refractivity contribution < 1.29 is 22.8 Å². The first kappa shape index (κ1) is 23.4. The van der Waals surface area contributed by atoms with Crippen LogP contribution in [0, 0.1) is 6.92 Å². The summed E-state index contributed by atoms with van der Waals surface area (Å²) < 4.78 is 38.1. The number of nitrogens with one attached hydrogen (secondary N) is 2. The predicted octanol–water partition coefficient (Wildman–Crippen LogP) is 6.00. The summed E-state index contributed by atoms with van der Waals surface area (Å²) in [5.41, 5.74) is 3.46. The van der Waals surface area contributed by atoms with E-state index in [-0.39, 0.29) is 11.6 Å². The maximum absolute atomic E-state index is 13.0. The highest BCUT2D eigenvalue weighted by Gasteiger charge is 2.32. The summed E-state index contributed by atoms with van der Waals surface area (Å²) in [7, 11) is 0. The number of rotatable bonds is 4. The van der Waals surface area contributed by atoms with Gasteiger partial charge in [0, 0.05) is 17.9 Å². The molecule has 3 amide bonds. The Hall–Kier alpha value is -3.81. The molecule has 1 fully saturated rings. The summed E-state index contributed by atoms with van der Waals surface area (Å²) in [5.74, 6) is -0.225. The standard InChI is InChI=1S/C26H24F3N3O2/c1-17-4-6-18(7-5-17)19-8-14-22(15-9-19)32-16-2-3-23(24(32)33)31-25(34)30-21-12-10-20(11-13-21)26(27,28)29/h4-15,23H,2-3,16H2,1H3,(H2,30,31,34). The zero-order valence-electron chi connectivity index (χ0n) is 18.5. The number of carbonyl (C=O) groups excluding carboxylic acids is 2. The normalized spacial score (nSPS) is 16.3. The van der Waals surface area contributed by atoms with Crippen LogP contribution in [0.1, 0.15) is 24.0 Å². The van der Waals surface area contributed by atoms with E-state index in [1.807, 2.05) is 55.5 Å². The zero-order valence-corrected chi connectivity index (χ0v) is 18.5. The molecule has 8 heteroatoms. The van der Waals surface area contributed by atoms with Crippen molar-refractivity contribution in [2.45, 2.75) is 32.0 Å². The molecule has 0 saturated carbocycles. The second-order valence-electron chi connectivity index (χ2n) is 8.27. The molecule has 1 unspecified atom stereocenters. The maximum atomic E-state index is 13.0. The summed E-state index contributed by atoms with van der Waals surface area (Å²) in [6, 6.07) is 18.6. The third kappa shape index (κ3) is 5.39. The first-order chi connectivity index (χ1) is 16.2. The summed E-state index contributed by atoms with van der Waals surface area (Å²) in [5, 5.41) is 5.13. The van der Waals surface area contributed by atoms with Gasteiger partial charge in [-0.1, -0.05) is 42.0 Å². The van der Waals surface area contributed by atoms with Gasteiger partial charge in [-0.2, -0.15) is 13.2 Å². The fourth-order valence-corrected chi connectivity index (χ4v) is 3.91. The van der Waals surface area contributed by atoms with E-state index in [4.69, 9.17) is 0 Å². The molecule has 1 aliphatic heterocycles. The molecule has 1 atom stereocenters. The lowest BCUT2D eigenvalue weighted by molar-refractivity contribution is -0.137. The highest BCUT2D eigenvalue weighted by Crippen LogP contribution is 2.30. The van der Waals surface area contributed by atoms with Crippen molar-refractivity contribution in [3.63, 3.8) is 0 Å². The number of amides is 3. The van der Waals surface area contributed by atoms with Gasteiger partial charge in [-0.25, -0.2) is 4.79 Å². The molecular weight excluding hydrogens is 443 g/mol. The molecule has 1 saturated heterocycles. The van der Waals surface area contributed by atoms with Gasteiger partial charge in [0.1, 0.15) is 6.04 Å². The molecule has 0 bridgehead atoms. The van der Waals surface area contributed by atoms with Gasteiger partial charge < -0.3 is 15.5 Å². The lowest BCUT2D eigenvalue weighted by Gasteiger charge is -2.32. The van der Waals surface area contributed by atoms with E-state index >= 15 is 0 Å². The van der Waals surface area contributed by atoms with Crippen LogP contribution >= 0.6 is 0 Å². The van der Waals surface area contributed by atoms with E-state index in [0.717, 1.165) is 28.9 Å². The molecule has 1 heterocycles. The molecule has 5 nitrogen and oxygen atoms in total. The number of aryl methyl sites for hydroxylation is 1. The molecule has 1 aliphatic rings. The van der Waals surface area contributed by atoms with Gasteiger partial charge in [0.05, 0.1) is 5.56 Å². The average Bonchev–Trinajstić information content (AvgIpc) is 2.81. The number of anilines is 2. The second kappa shape index (κ2) is 9.59. The number of nitrogens with zero attached hydrogens (tertiary/aromatic N) is 1. The smallest absolute Gasteiger partial charge is 0.326 e. The molecule has 3 aromatic rings. The van der Waals surface area contributed by atoms with Crippen LogP contribution in [-0.2, 0) is 11.0 Å². The van der Waals surface area contributed by atoms with Crippen LogP contribution in [0.3, 0.4) is 0 Å². The number of hydrogen-bond acceptors (Lipinski definition) is 2. The predicted molar refractivity (Wildman–Crippen MR) is 126 cm³/mol. The van der Waals surface area contributed by atoms with Crippen molar-refractivity contribution in [1.82, 2.24) is 5.32 Å². The minimum atomic E-state index is -4.45. The summed E-state index contributed by atoms with van der Waals surface area (Å²) in [4.78, 5) is 27.0. The van der Waals surface area contributed by atoms with E-state index in [1.165, 1.54) is 17.7 Å². The number of urea groups is 1. The van der Waals surface area contributed by atoms with E-state index in [9.17, 15) is 22.8 Å². The number of piperidine rings is 1. The fraction of sp³-hybridized carbons (Fsp3) is 0.231. The monoisotopic (exact) mass is 467 g/mol. The quantitative estimate of drug-likeness (QED) is 0.495. The maximum Gasteiger partial charge on any atom is 0.416 e. The molecule has 176 valence electrons. The van der Waals surface area contributed by atoms with Crippen LogP contribution in [-0.4, -0.2) is 24.5 Å². The van der Waals surface area contributed by atoms with Crippen molar-refractivity contribution in [3.05, 3.63) is 83.9 Å². The van der Waals surface area contributed by atoms with Crippen LogP contribution in [0.15, 0.2) is 72.8 Å². The van der Waals surface area contributed by atoms with Crippen molar-refractivity contribution in [2.75, 3.05) is 16.8 Å². The minimum absolute atomic E-state index is 0.206. The Kier molecular flexibility index (Phi) is 6.58.